The van der Waals surface area contributed by atoms with Gasteiger partial charge in [0, 0.05) is 25.6 Å². The van der Waals surface area contributed by atoms with Gasteiger partial charge in [0.15, 0.2) is 0 Å². The van der Waals surface area contributed by atoms with Crippen molar-refractivity contribution >= 4 is 23.0 Å². The van der Waals surface area contributed by atoms with E-state index in [1.165, 1.54) is 81.9 Å². The van der Waals surface area contributed by atoms with Crippen molar-refractivity contribution in [1.29, 1.82) is 0 Å². The number of carbonyl (C=O) groups excluding carboxylic acids is 1. The summed E-state index contributed by atoms with van der Waals surface area (Å²) in [6, 6.07) is 6.17. The van der Waals surface area contributed by atoms with Gasteiger partial charge in [-0.05, 0) is 62.0 Å². The van der Waals surface area contributed by atoms with Crippen LogP contribution in [0.5, 0.6) is 0 Å². The topological polar surface area (TPSA) is 70.4 Å². The molecule has 2 heterocycles. The molecule has 1 aliphatic carbocycles. The van der Waals surface area contributed by atoms with E-state index in [2.05, 4.69) is 15.5 Å². The molecule has 2 fully saturated rings. The van der Waals surface area contributed by atoms with Gasteiger partial charge in [0.25, 0.3) is 5.91 Å². The molecule has 1 saturated heterocycles. The summed E-state index contributed by atoms with van der Waals surface area (Å²) in [5, 5.41) is 8.67. The zero-order chi connectivity index (χ0) is 20.8. The van der Waals surface area contributed by atoms with E-state index in [1.54, 1.807) is 11.6 Å². The highest BCUT2D eigenvalue weighted by molar-refractivity contribution is 5.91. The van der Waals surface area contributed by atoms with Crippen molar-refractivity contribution in [3.8, 4) is 0 Å². The summed E-state index contributed by atoms with van der Waals surface area (Å²) in [5.74, 6) is 1.52. The summed E-state index contributed by atoms with van der Waals surface area (Å²) >= 11 is 0. The van der Waals surface area contributed by atoms with Crippen molar-refractivity contribution in [3.63, 3.8) is 0 Å². The number of amides is 1. The van der Waals surface area contributed by atoms with Gasteiger partial charge < -0.3 is 9.47 Å². The number of rotatable bonds is 8. The Morgan fingerprint density at radius 1 is 1.13 bits per heavy atom. The second-order valence-corrected chi connectivity index (χ2v) is 8.83. The van der Waals surface area contributed by atoms with Crippen LogP contribution in [0.2, 0.25) is 0 Å². The van der Waals surface area contributed by atoms with Gasteiger partial charge in [0.2, 0.25) is 0 Å². The highest BCUT2D eigenvalue weighted by Gasteiger charge is 2.18. The third-order valence-corrected chi connectivity index (χ3v) is 6.73. The van der Waals surface area contributed by atoms with E-state index < -0.39 is 5.91 Å². The molecule has 0 bridgehead atoms. The van der Waals surface area contributed by atoms with Crippen molar-refractivity contribution in [2.45, 2.75) is 64.3 Å². The van der Waals surface area contributed by atoms with E-state index >= 15 is 0 Å². The van der Waals surface area contributed by atoms with Crippen LogP contribution in [-0.4, -0.2) is 45.2 Å². The molecular formula is C24H34N4O2. The fourth-order valence-electron chi connectivity index (χ4n) is 5.01. The SMILES string of the molecule is O=C(C=Cc1ccc2c(c1)nc(CCC1CCCCC1)n2CCN1CCCC1)NO. The Morgan fingerprint density at radius 2 is 1.93 bits per heavy atom. The van der Waals surface area contributed by atoms with Gasteiger partial charge in [-0.3, -0.25) is 10.0 Å². The molecule has 4 rings (SSSR count). The van der Waals surface area contributed by atoms with Crippen LogP contribution in [0, 0.1) is 5.92 Å². The fraction of sp³-hybridized carbons (Fsp3) is 0.583. The molecule has 1 aromatic carbocycles. The van der Waals surface area contributed by atoms with Crippen LogP contribution in [0.3, 0.4) is 0 Å². The fourth-order valence-corrected chi connectivity index (χ4v) is 5.01. The minimum absolute atomic E-state index is 0.528. The molecule has 2 aliphatic rings. The summed E-state index contributed by atoms with van der Waals surface area (Å²) < 4.78 is 2.42. The van der Waals surface area contributed by atoms with Gasteiger partial charge in [-0.25, -0.2) is 10.5 Å². The zero-order valence-electron chi connectivity index (χ0n) is 17.9. The number of likely N-dealkylation sites (tertiary alicyclic amines) is 1. The van der Waals surface area contributed by atoms with Crippen molar-refractivity contribution in [2.24, 2.45) is 5.92 Å². The summed E-state index contributed by atoms with van der Waals surface area (Å²) in [5.41, 5.74) is 4.70. The van der Waals surface area contributed by atoms with Crippen molar-refractivity contribution in [3.05, 3.63) is 35.7 Å². The number of fused-ring (bicyclic) bond motifs is 1. The van der Waals surface area contributed by atoms with E-state index in [0.29, 0.717) is 0 Å². The second-order valence-electron chi connectivity index (χ2n) is 8.83. The molecule has 6 heteroatoms. The number of benzene rings is 1. The van der Waals surface area contributed by atoms with E-state index in [0.717, 1.165) is 36.5 Å². The molecule has 6 nitrogen and oxygen atoms in total. The van der Waals surface area contributed by atoms with Crippen LogP contribution >= 0.6 is 0 Å². The quantitative estimate of drug-likeness (QED) is 0.389. The number of aromatic nitrogens is 2. The third-order valence-electron chi connectivity index (χ3n) is 6.73. The van der Waals surface area contributed by atoms with Gasteiger partial charge in [-0.1, -0.05) is 38.2 Å². The monoisotopic (exact) mass is 410 g/mol. The van der Waals surface area contributed by atoms with Gasteiger partial charge in [0.05, 0.1) is 11.0 Å². The molecule has 0 atom stereocenters. The molecule has 2 aromatic rings. The maximum Gasteiger partial charge on any atom is 0.267 e. The number of nitrogens with zero attached hydrogens (tertiary/aromatic N) is 3. The van der Waals surface area contributed by atoms with Crippen molar-refractivity contribution < 1.29 is 10.0 Å². The number of hydroxylamine groups is 1. The molecular weight excluding hydrogens is 376 g/mol. The first-order chi connectivity index (χ1) is 14.7. The Kier molecular flexibility index (Phi) is 7.18. The van der Waals surface area contributed by atoms with Crippen LogP contribution < -0.4 is 5.48 Å². The summed E-state index contributed by atoms with van der Waals surface area (Å²) in [4.78, 5) is 18.8. The van der Waals surface area contributed by atoms with Crippen molar-refractivity contribution in [1.82, 2.24) is 19.9 Å². The van der Waals surface area contributed by atoms with Crippen LogP contribution in [0.25, 0.3) is 17.1 Å². The number of carbonyl (C=O) groups is 1. The van der Waals surface area contributed by atoms with Crippen LogP contribution in [0.15, 0.2) is 24.3 Å². The second kappa shape index (κ2) is 10.2. The predicted octanol–water partition coefficient (Wildman–Crippen LogP) is 4.16. The number of hydrogen-bond acceptors (Lipinski definition) is 4. The van der Waals surface area contributed by atoms with Crippen molar-refractivity contribution in [2.75, 3.05) is 19.6 Å². The number of nitrogens with one attached hydrogen (secondary N) is 1. The average molecular weight is 411 g/mol. The zero-order valence-corrected chi connectivity index (χ0v) is 17.9. The number of hydrogen-bond donors (Lipinski definition) is 2. The Morgan fingerprint density at radius 3 is 2.70 bits per heavy atom. The highest BCUT2D eigenvalue weighted by Crippen LogP contribution is 2.28. The van der Waals surface area contributed by atoms with E-state index in [4.69, 9.17) is 10.2 Å². The molecule has 1 saturated carbocycles. The average Bonchev–Trinajstić information content (AvgIpc) is 3.42. The minimum Gasteiger partial charge on any atom is -0.327 e. The number of imidazole rings is 1. The maximum atomic E-state index is 11.3. The smallest absolute Gasteiger partial charge is 0.267 e. The van der Waals surface area contributed by atoms with E-state index in [1.807, 2.05) is 12.1 Å². The molecule has 0 unspecified atom stereocenters. The van der Waals surface area contributed by atoms with Gasteiger partial charge in [0.1, 0.15) is 5.82 Å². The van der Waals surface area contributed by atoms with E-state index in [9.17, 15) is 4.79 Å². The first kappa shape index (κ1) is 21.1. The lowest BCUT2D eigenvalue weighted by molar-refractivity contribution is -0.124. The lowest BCUT2D eigenvalue weighted by Crippen LogP contribution is -2.24. The number of aryl methyl sites for hydroxylation is 1. The first-order valence-corrected chi connectivity index (χ1v) is 11.6. The molecule has 2 N–H and O–H groups in total. The normalized spacial score (nSPS) is 18.6. The largest absolute Gasteiger partial charge is 0.327 e. The molecule has 162 valence electrons. The molecule has 1 aromatic heterocycles. The van der Waals surface area contributed by atoms with Crippen LogP contribution in [-0.2, 0) is 17.8 Å². The molecule has 30 heavy (non-hydrogen) atoms. The Bertz CT molecular complexity index is 877. The third kappa shape index (κ3) is 5.29. The standard InChI is InChI=1S/C24H34N4O2/c29-24(26-30)13-10-20-8-11-22-21(18-20)25-23(12-9-19-6-2-1-3-7-19)28(22)17-16-27-14-4-5-15-27/h8,10-11,13,18-19,30H,1-7,9,12,14-17H2,(H,26,29). The molecule has 1 amide bonds. The summed E-state index contributed by atoms with van der Waals surface area (Å²) in [6.45, 7) is 4.50. The molecule has 0 radical (unpaired) electrons. The van der Waals surface area contributed by atoms with Crippen LogP contribution in [0.1, 0.15) is 62.8 Å². The highest BCUT2D eigenvalue weighted by atomic mass is 16.5. The predicted molar refractivity (Wildman–Crippen MR) is 119 cm³/mol. The van der Waals surface area contributed by atoms with Gasteiger partial charge >= 0.3 is 0 Å². The van der Waals surface area contributed by atoms with E-state index in [-0.39, 0.29) is 0 Å². The van der Waals surface area contributed by atoms with Gasteiger partial charge in [-0.15, -0.1) is 0 Å². The lowest BCUT2D eigenvalue weighted by Gasteiger charge is -2.21. The molecule has 1 aliphatic heterocycles. The first-order valence-electron chi connectivity index (χ1n) is 11.6. The Hall–Kier alpha value is -2.18. The Labute approximate surface area is 178 Å². The molecule has 0 spiro atoms. The lowest BCUT2D eigenvalue weighted by atomic mass is 9.86. The summed E-state index contributed by atoms with van der Waals surface area (Å²) in [6.07, 6.45) is 14.8. The maximum absolute atomic E-state index is 11.3. The van der Waals surface area contributed by atoms with Crippen LogP contribution in [0.4, 0.5) is 0 Å². The minimum atomic E-state index is -0.528. The van der Waals surface area contributed by atoms with Gasteiger partial charge in [-0.2, -0.15) is 0 Å². The Balaban J connectivity index is 1.54. The summed E-state index contributed by atoms with van der Waals surface area (Å²) in [7, 11) is 0.